The van der Waals surface area contributed by atoms with Gasteiger partial charge in [-0.1, -0.05) is 36.4 Å². The molecule has 1 aliphatic rings. The van der Waals surface area contributed by atoms with Gasteiger partial charge in [-0.25, -0.2) is 0 Å². The van der Waals surface area contributed by atoms with Crippen molar-refractivity contribution >= 4 is 18.9 Å². The van der Waals surface area contributed by atoms with E-state index in [0.29, 0.717) is 6.04 Å². The second kappa shape index (κ2) is 4.94. The second-order valence-electron chi connectivity index (χ2n) is 4.48. The molecule has 1 aromatic carbocycles. The average Bonchev–Trinajstić information content (AvgIpc) is 2.56. The van der Waals surface area contributed by atoms with E-state index in [2.05, 4.69) is 37.2 Å². The molecule has 1 fully saturated rings. The summed E-state index contributed by atoms with van der Waals surface area (Å²) >= 11 is 6.63. The summed E-state index contributed by atoms with van der Waals surface area (Å²) in [5.74, 6) is 0. The molecule has 0 aromatic heterocycles. The fourth-order valence-electron chi connectivity index (χ4n) is 2.24. The molecule has 0 amide bonds. The molecule has 17 heavy (non-hydrogen) atoms. The minimum absolute atomic E-state index is 0.0744. The van der Waals surface area contributed by atoms with Crippen LogP contribution in [0.1, 0.15) is 18.6 Å². The van der Waals surface area contributed by atoms with E-state index in [0.717, 1.165) is 6.04 Å². The highest BCUT2D eigenvalue weighted by atomic mass is 35.6. The Morgan fingerprint density at radius 3 is 2.71 bits per heavy atom. The summed E-state index contributed by atoms with van der Waals surface area (Å²) in [6, 6.07) is 11.3. The van der Waals surface area contributed by atoms with Gasteiger partial charge in [0.05, 0.1) is 6.10 Å². The van der Waals surface area contributed by atoms with Crippen molar-refractivity contribution in [3.8, 4) is 0 Å². The molecule has 92 valence electrons. The smallest absolute Gasteiger partial charge is 0.377 e. The maximum absolute atomic E-state index is 6.63. The van der Waals surface area contributed by atoms with E-state index < -0.39 is 7.79 Å². The van der Waals surface area contributed by atoms with Gasteiger partial charge in [-0.05, 0) is 19.5 Å². The van der Waals surface area contributed by atoms with Crippen molar-refractivity contribution in [1.82, 2.24) is 4.57 Å². The Morgan fingerprint density at radius 1 is 1.47 bits per heavy atom. The van der Waals surface area contributed by atoms with Crippen molar-refractivity contribution < 1.29 is 4.43 Å². The zero-order valence-corrected chi connectivity index (χ0v) is 12.0. The Bertz CT molecular complexity index is 400. The molecule has 0 N–H and O–H groups in total. The van der Waals surface area contributed by atoms with Crippen LogP contribution in [0.25, 0.3) is 0 Å². The second-order valence-corrected chi connectivity index (χ2v) is 8.98. The molecule has 0 aliphatic carbocycles. The van der Waals surface area contributed by atoms with E-state index in [1.807, 2.05) is 24.3 Å². The van der Waals surface area contributed by atoms with Gasteiger partial charge >= 0.3 is 7.79 Å². The molecule has 1 aromatic rings. The minimum atomic E-state index is -2.31. The maximum Gasteiger partial charge on any atom is 0.377 e. The van der Waals surface area contributed by atoms with Crippen LogP contribution in [0.2, 0.25) is 6.04 Å². The predicted molar refractivity (Wildman–Crippen MR) is 74.1 cm³/mol. The number of halogens is 1. The molecule has 0 saturated carbocycles. The van der Waals surface area contributed by atoms with E-state index in [4.69, 9.17) is 15.5 Å². The lowest BCUT2D eigenvalue weighted by Crippen LogP contribution is -2.44. The van der Waals surface area contributed by atoms with Crippen LogP contribution in [0, 0.1) is 0 Å². The van der Waals surface area contributed by atoms with Gasteiger partial charge in [0.15, 0.2) is 0 Å². The molecular formula is C13H18ClNOSi. The number of likely N-dealkylation sites (N-methyl/N-ethyl adjacent to an activating group) is 1. The lowest BCUT2D eigenvalue weighted by atomic mass is 10.0. The molecule has 1 heterocycles. The first-order chi connectivity index (χ1) is 8.08. The minimum Gasteiger partial charge on any atom is -0.383 e. The lowest BCUT2D eigenvalue weighted by molar-refractivity contribution is 0.207. The SMILES string of the molecule is C=CC[Si]1(Cl)O[C@H](c2ccccc2)[C@@H](C)N1C. The first kappa shape index (κ1) is 12.8. The molecule has 0 bridgehead atoms. The summed E-state index contributed by atoms with van der Waals surface area (Å²) in [5.41, 5.74) is 1.20. The Balaban J connectivity index is 2.25. The molecule has 0 spiro atoms. The van der Waals surface area contributed by atoms with E-state index in [1.54, 1.807) is 0 Å². The van der Waals surface area contributed by atoms with Crippen LogP contribution in [-0.4, -0.2) is 25.4 Å². The van der Waals surface area contributed by atoms with Crippen LogP contribution in [0.3, 0.4) is 0 Å². The number of benzene rings is 1. The van der Waals surface area contributed by atoms with Crippen molar-refractivity contribution in [2.45, 2.75) is 25.1 Å². The topological polar surface area (TPSA) is 12.5 Å². The number of hydrogen-bond donors (Lipinski definition) is 0. The Labute approximate surface area is 109 Å². The van der Waals surface area contributed by atoms with E-state index in [-0.39, 0.29) is 6.10 Å². The van der Waals surface area contributed by atoms with Crippen LogP contribution >= 0.6 is 11.1 Å². The summed E-state index contributed by atoms with van der Waals surface area (Å²) in [7, 11) is -0.259. The third-order valence-electron chi connectivity index (χ3n) is 3.41. The van der Waals surface area contributed by atoms with E-state index in [1.165, 1.54) is 5.56 Å². The normalized spacial score (nSPS) is 33.8. The Morgan fingerprint density at radius 2 is 2.12 bits per heavy atom. The van der Waals surface area contributed by atoms with Gasteiger partial charge in [0, 0.05) is 12.1 Å². The van der Waals surface area contributed by atoms with E-state index in [9.17, 15) is 0 Å². The van der Waals surface area contributed by atoms with Crippen molar-refractivity contribution in [2.75, 3.05) is 7.05 Å². The Hall–Kier alpha value is -0.613. The average molecular weight is 268 g/mol. The highest BCUT2D eigenvalue weighted by Gasteiger charge is 2.51. The number of nitrogens with zero attached hydrogens (tertiary/aromatic N) is 1. The zero-order chi connectivity index (χ0) is 12.5. The molecule has 3 atom stereocenters. The molecule has 1 aliphatic heterocycles. The molecule has 4 heteroatoms. The van der Waals surface area contributed by atoms with E-state index >= 15 is 0 Å². The summed E-state index contributed by atoms with van der Waals surface area (Å²) in [6.45, 7) is 5.93. The molecule has 2 rings (SSSR count). The van der Waals surface area contributed by atoms with Crippen LogP contribution in [0.15, 0.2) is 43.0 Å². The number of allylic oxidation sites excluding steroid dienone is 1. The van der Waals surface area contributed by atoms with Gasteiger partial charge in [-0.15, -0.1) is 17.7 Å². The summed E-state index contributed by atoms with van der Waals surface area (Å²) in [6.07, 6.45) is 1.93. The molecular weight excluding hydrogens is 250 g/mol. The first-order valence-corrected chi connectivity index (χ1v) is 8.91. The van der Waals surface area contributed by atoms with Crippen molar-refractivity contribution in [1.29, 1.82) is 0 Å². The number of rotatable bonds is 3. The van der Waals surface area contributed by atoms with Crippen molar-refractivity contribution in [3.05, 3.63) is 48.6 Å². The predicted octanol–water partition coefficient (Wildman–Crippen LogP) is 3.44. The van der Waals surface area contributed by atoms with Crippen LogP contribution in [0.4, 0.5) is 0 Å². The monoisotopic (exact) mass is 267 g/mol. The zero-order valence-electron chi connectivity index (χ0n) is 10.3. The summed E-state index contributed by atoms with van der Waals surface area (Å²) in [5, 5.41) is 0. The van der Waals surface area contributed by atoms with Crippen LogP contribution in [0.5, 0.6) is 0 Å². The molecule has 2 nitrogen and oxygen atoms in total. The van der Waals surface area contributed by atoms with Gasteiger partial charge in [0.25, 0.3) is 0 Å². The van der Waals surface area contributed by atoms with Gasteiger partial charge in [0.1, 0.15) is 0 Å². The highest BCUT2D eigenvalue weighted by molar-refractivity contribution is 7.15. The Kier molecular flexibility index (Phi) is 3.73. The molecule has 1 unspecified atom stereocenters. The fraction of sp³-hybridized carbons (Fsp3) is 0.385. The maximum atomic E-state index is 6.63. The van der Waals surface area contributed by atoms with Crippen molar-refractivity contribution in [2.24, 2.45) is 0 Å². The van der Waals surface area contributed by atoms with Crippen molar-refractivity contribution in [3.63, 3.8) is 0 Å². The largest absolute Gasteiger partial charge is 0.383 e. The summed E-state index contributed by atoms with van der Waals surface area (Å²) in [4.78, 5) is 0. The first-order valence-electron chi connectivity index (χ1n) is 5.84. The van der Waals surface area contributed by atoms with Crippen LogP contribution < -0.4 is 0 Å². The molecule has 0 radical (unpaired) electrons. The third kappa shape index (κ3) is 2.33. The van der Waals surface area contributed by atoms with Gasteiger partial charge in [-0.3, -0.25) is 4.57 Å². The third-order valence-corrected chi connectivity index (χ3v) is 7.81. The molecule has 1 saturated heterocycles. The summed E-state index contributed by atoms with van der Waals surface area (Å²) < 4.78 is 8.36. The van der Waals surface area contributed by atoms with Crippen LogP contribution in [-0.2, 0) is 4.43 Å². The lowest BCUT2D eigenvalue weighted by Gasteiger charge is -2.24. The fourth-order valence-corrected chi connectivity index (χ4v) is 5.69. The highest BCUT2D eigenvalue weighted by Crippen LogP contribution is 2.41. The van der Waals surface area contributed by atoms with Gasteiger partial charge in [0.2, 0.25) is 0 Å². The van der Waals surface area contributed by atoms with Gasteiger partial charge in [-0.2, -0.15) is 0 Å². The quantitative estimate of drug-likeness (QED) is 0.473. The number of hydrogen-bond acceptors (Lipinski definition) is 2. The standard InChI is InChI=1S/C13H18ClNOSi/c1-4-10-17(14)15(3)11(2)13(16-17)12-8-6-5-7-9-12/h4-9,11,13H,1,10H2,2-3H3/t11-,13+,17?/m1/s1. The van der Waals surface area contributed by atoms with Gasteiger partial charge < -0.3 is 4.43 Å².